The molecule has 2 atom stereocenters. The minimum atomic E-state index is -1.60. The van der Waals surface area contributed by atoms with Crippen LogP contribution in [-0.4, -0.2) is 33.4 Å². The first-order valence-corrected chi connectivity index (χ1v) is 9.48. The SMILES string of the molecule is CC1CCC(c2cc(F)c(F)c(F)c2)N(C(=O)C(=O)Nc2cnc3o[nH]c(=O)c3c2)C1. The number of pyridine rings is 1. The van der Waals surface area contributed by atoms with E-state index in [1.165, 1.54) is 17.2 Å². The number of halogens is 3. The molecule has 1 fully saturated rings. The Bertz CT molecular complexity index is 1220. The van der Waals surface area contributed by atoms with E-state index in [1.54, 1.807) is 0 Å². The molecule has 2 aromatic heterocycles. The lowest BCUT2D eigenvalue weighted by molar-refractivity contribution is -0.146. The molecule has 4 rings (SSSR count). The predicted octanol–water partition coefficient (Wildman–Crippen LogP) is 2.87. The van der Waals surface area contributed by atoms with Gasteiger partial charge in [-0.05, 0) is 42.5 Å². The Balaban J connectivity index is 1.59. The Labute approximate surface area is 173 Å². The van der Waals surface area contributed by atoms with Gasteiger partial charge in [0.05, 0.1) is 17.9 Å². The van der Waals surface area contributed by atoms with E-state index in [4.69, 9.17) is 4.52 Å². The molecule has 31 heavy (non-hydrogen) atoms. The molecule has 0 spiro atoms. The number of fused-ring (bicyclic) bond motifs is 1. The maximum atomic E-state index is 13.7. The van der Waals surface area contributed by atoms with Crippen LogP contribution < -0.4 is 10.9 Å². The fourth-order valence-corrected chi connectivity index (χ4v) is 3.72. The van der Waals surface area contributed by atoms with Gasteiger partial charge in [-0.3, -0.25) is 14.4 Å². The van der Waals surface area contributed by atoms with Crippen molar-refractivity contribution >= 4 is 28.6 Å². The monoisotopic (exact) mass is 434 g/mol. The van der Waals surface area contributed by atoms with Gasteiger partial charge < -0.3 is 14.7 Å². The summed E-state index contributed by atoms with van der Waals surface area (Å²) < 4.78 is 45.7. The number of amides is 2. The predicted molar refractivity (Wildman–Crippen MR) is 102 cm³/mol. The average Bonchev–Trinajstić information content (AvgIpc) is 3.11. The standard InChI is InChI=1S/C20H17F3N4O4/c1-9-2-3-15(10-4-13(21)16(23)14(22)5-10)27(8-9)20(30)18(29)25-11-6-12-17(28)26-31-19(12)24-7-11/h4-7,9,15H,2-3,8H2,1H3,(H,25,29)(H,26,28). The molecule has 2 N–H and O–H groups in total. The Kier molecular flexibility index (Phi) is 5.25. The summed E-state index contributed by atoms with van der Waals surface area (Å²) in [6.07, 6.45) is 2.22. The van der Waals surface area contributed by atoms with Crippen molar-refractivity contribution in [1.29, 1.82) is 0 Å². The van der Waals surface area contributed by atoms with Crippen molar-refractivity contribution in [3.8, 4) is 0 Å². The number of nitrogens with zero attached hydrogens (tertiary/aromatic N) is 2. The molecule has 0 radical (unpaired) electrons. The number of H-pyrrole nitrogens is 1. The second-order valence-corrected chi connectivity index (χ2v) is 7.52. The average molecular weight is 434 g/mol. The molecule has 2 unspecified atom stereocenters. The molecule has 3 aromatic rings. The lowest BCUT2D eigenvalue weighted by Crippen LogP contribution is -2.46. The summed E-state index contributed by atoms with van der Waals surface area (Å²) in [5.41, 5.74) is -0.342. The molecule has 1 aliphatic heterocycles. The fourth-order valence-electron chi connectivity index (χ4n) is 3.72. The molecule has 3 heterocycles. The van der Waals surface area contributed by atoms with Gasteiger partial charge >= 0.3 is 11.8 Å². The van der Waals surface area contributed by atoms with E-state index >= 15 is 0 Å². The third-order valence-electron chi connectivity index (χ3n) is 5.26. The van der Waals surface area contributed by atoms with Crippen molar-refractivity contribution in [3.05, 3.63) is 57.8 Å². The van der Waals surface area contributed by atoms with Gasteiger partial charge in [0.25, 0.3) is 11.3 Å². The summed E-state index contributed by atoms with van der Waals surface area (Å²) in [6, 6.07) is 2.17. The van der Waals surface area contributed by atoms with Crippen molar-refractivity contribution in [2.24, 2.45) is 5.92 Å². The van der Waals surface area contributed by atoms with E-state index < -0.39 is 40.9 Å². The summed E-state index contributed by atoms with van der Waals surface area (Å²) in [7, 11) is 0. The molecule has 162 valence electrons. The highest BCUT2D eigenvalue weighted by Crippen LogP contribution is 2.34. The molecule has 11 heteroatoms. The van der Waals surface area contributed by atoms with Crippen LogP contribution in [0.3, 0.4) is 0 Å². The maximum absolute atomic E-state index is 13.7. The third-order valence-corrected chi connectivity index (χ3v) is 5.26. The van der Waals surface area contributed by atoms with Crippen LogP contribution in [0, 0.1) is 23.4 Å². The molecule has 0 aliphatic carbocycles. The van der Waals surface area contributed by atoms with Gasteiger partial charge in [0, 0.05) is 6.54 Å². The lowest BCUT2D eigenvalue weighted by atomic mass is 9.89. The lowest BCUT2D eigenvalue weighted by Gasteiger charge is -2.38. The highest BCUT2D eigenvalue weighted by molar-refractivity contribution is 6.39. The van der Waals surface area contributed by atoms with E-state index in [9.17, 15) is 27.6 Å². The number of carbonyl (C=O) groups is 2. The molecule has 1 saturated heterocycles. The molecule has 1 aliphatic rings. The highest BCUT2D eigenvalue weighted by atomic mass is 19.2. The highest BCUT2D eigenvalue weighted by Gasteiger charge is 2.35. The van der Waals surface area contributed by atoms with Crippen LogP contribution in [0.5, 0.6) is 0 Å². The normalized spacial score (nSPS) is 18.9. The number of benzene rings is 1. The maximum Gasteiger partial charge on any atom is 0.313 e. The van der Waals surface area contributed by atoms with Gasteiger partial charge in [0.2, 0.25) is 0 Å². The van der Waals surface area contributed by atoms with E-state index in [0.29, 0.717) is 12.8 Å². The molecular formula is C20H17F3N4O4. The van der Waals surface area contributed by atoms with Crippen LogP contribution >= 0.6 is 0 Å². The van der Waals surface area contributed by atoms with Crippen LogP contribution in [-0.2, 0) is 9.59 Å². The van der Waals surface area contributed by atoms with E-state index in [2.05, 4.69) is 15.5 Å². The number of hydrogen-bond acceptors (Lipinski definition) is 5. The number of aromatic nitrogens is 2. The van der Waals surface area contributed by atoms with Gasteiger partial charge in [-0.1, -0.05) is 6.92 Å². The number of carbonyl (C=O) groups excluding carboxylic acids is 2. The van der Waals surface area contributed by atoms with Crippen molar-refractivity contribution in [1.82, 2.24) is 15.0 Å². The molecule has 8 nitrogen and oxygen atoms in total. The number of rotatable bonds is 2. The van der Waals surface area contributed by atoms with Crippen molar-refractivity contribution in [2.75, 3.05) is 11.9 Å². The number of hydrogen-bond donors (Lipinski definition) is 2. The van der Waals surface area contributed by atoms with Crippen LogP contribution in [0.1, 0.15) is 31.4 Å². The zero-order valence-electron chi connectivity index (χ0n) is 16.2. The van der Waals surface area contributed by atoms with Crippen LogP contribution in [0.25, 0.3) is 11.1 Å². The second kappa shape index (κ2) is 7.89. The van der Waals surface area contributed by atoms with Crippen LogP contribution in [0.4, 0.5) is 18.9 Å². The summed E-state index contributed by atoms with van der Waals surface area (Å²) in [5, 5.41) is 4.57. The summed E-state index contributed by atoms with van der Waals surface area (Å²) >= 11 is 0. The van der Waals surface area contributed by atoms with Crippen molar-refractivity contribution < 1.29 is 27.3 Å². The summed E-state index contributed by atoms with van der Waals surface area (Å²) in [5.74, 6) is -6.22. The van der Waals surface area contributed by atoms with Crippen molar-refractivity contribution in [2.45, 2.75) is 25.8 Å². The van der Waals surface area contributed by atoms with Crippen LogP contribution in [0.2, 0.25) is 0 Å². The Morgan fingerprint density at radius 3 is 2.61 bits per heavy atom. The number of likely N-dealkylation sites (tertiary alicyclic amines) is 1. The zero-order chi connectivity index (χ0) is 22.3. The van der Waals surface area contributed by atoms with Gasteiger partial charge in [-0.15, -0.1) is 0 Å². The van der Waals surface area contributed by atoms with Gasteiger partial charge in [0.15, 0.2) is 17.5 Å². The Morgan fingerprint density at radius 2 is 1.90 bits per heavy atom. The molecule has 0 saturated carbocycles. The smallest absolute Gasteiger partial charge is 0.313 e. The quantitative estimate of drug-likeness (QED) is 0.476. The topological polar surface area (TPSA) is 108 Å². The number of piperidine rings is 1. The summed E-state index contributed by atoms with van der Waals surface area (Å²) in [4.78, 5) is 42.2. The first-order chi connectivity index (χ1) is 14.7. The first-order valence-electron chi connectivity index (χ1n) is 9.48. The fraction of sp³-hybridized carbons (Fsp3) is 0.300. The first kappa shape index (κ1) is 20.6. The zero-order valence-corrected chi connectivity index (χ0v) is 16.2. The van der Waals surface area contributed by atoms with Crippen molar-refractivity contribution in [3.63, 3.8) is 0 Å². The van der Waals surface area contributed by atoms with E-state index in [-0.39, 0.29) is 34.8 Å². The Hall–Kier alpha value is -3.63. The van der Waals surface area contributed by atoms with E-state index in [1.807, 2.05) is 6.92 Å². The largest absolute Gasteiger partial charge is 0.358 e. The molecular weight excluding hydrogens is 417 g/mol. The Morgan fingerprint density at radius 1 is 1.19 bits per heavy atom. The molecule has 0 bridgehead atoms. The van der Waals surface area contributed by atoms with Crippen LogP contribution in [0.15, 0.2) is 33.7 Å². The molecule has 2 amide bonds. The summed E-state index contributed by atoms with van der Waals surface area (Å²) in [6.45, 7) is 2.06. The minimum Gasteiger partial charge on any atom is -0.358 e. The van der Waals surface area contributed by atoms with Gasteiger partial charge in [-0.2, -0.15) is 5.16 Å². The number of anilines is 1. The number of aromatic amines is 1. The third kappa shape index (κ3) is 3.90. The molecule has 1 aromatic carbocycles. The second-order valence-electron chi connectivity index (χ2n) is 7.52. The number of nitrogens with one attached hydrogen (secondary N) is 2. The van der Waals surface area contributed by atoms with E-state index in [0.717, 1.165) is 12.1 Å². The minimum absolute atomic E-state index is 0.0413. The van der Waals surface area contributed by atoms with Gasteiger partial charge in [0.1, 0.15) is 5.39 Å². The van der Waals surface area contributed by atoms with Gasteiger partial charge in [-0.25, -0.2) is 18.2 Å².